The van der Waals surface area contributed by atoms with E-state index in [2.05, 4.69) is 55.4 Å². The number of phosphoric acid groups is 2. The molecule has 99 heavy (non-hydrogen) atoms. The lowest BCUT2D eigenvalue weighted by Gasteiger charge is -2.21. The van der Waals surface area contributed by atoms with Gasteiger partial charge in [0, 0.05) is 25.7 Å². The van der Waals surface area contributed by atoms with Crippen molar-refractivity contribution < 1.29 is 80.2 Å². The number of unbranched alkanes of at least 4 members (excludes halogenated alkanes) is 43. The van der Waals surface area contributed by atoms with Gasteiger partial charge in [0.25, 0.3) is 0 Å². The first-order valence-electron chi connectivity index (χ1n) is 41.2. The van der Waals surface area contributed by atoms with Crippen LogP contribution in [0.4, 0.5) is 0 Å². The van der Waals surface area contributed by atoms with Crippen LogP contribution in [0.3, 0.4) is 0 Å². The summed E-state index contributed by atoms with van der Waals surface area (Å²) in [5.41, 5.74) is 0. The molecule has 588 valence electrons. The Morgan fingerprint density at radius 2 is 0.424 bits per heavy atom. The molecule has 0 saturated carbocycles. The molecule has 0 radical (unpaired) electrons. The fraction of sp³-hybridized carbons (Fsp3) is 0.950. The maximum atomic E-state index is 13.1. The molecule has 0 aromatic carbocycles. The fourth-order valence-electron chi connectivity index (χ4n) is 12.3. The number of hydrogen-bond acceptors (Lipinski definition) is 15. The zero-order valence-corrected chi connectivity index (χ0v) is 66.9. The van der Waals surface area contributed by atoms with E-state index in [9.17, 15) is 43.2 Å². The first kappa shape index (κ1) is 97.1. The highest BCUT2D eigenvalue weighted by molar-refractivity contribution is 7.47. The molecule has 0 fully saturated rings. The van der Waals surface area contributed by atoms with E-state index in [0.29, 0.717) is 31.6 Å². The molecule has 0 spiro atoms. The third-order valence-electron chi connectivity index (χ3n) is 18.6. The quantitative estimate of drug-likeness (QED) is 0.0222. The number of hydrogen-bond donors (Lipinski definition) is 3. The molecule has 0 aliphatic heterocycles. The maximum Gasteiger partial charge on any atom is 0.472 e. The molecule has 0 heterocycles. The zero-order chi connectivity index (χ0) is 73.1. The molecule has 0 aromatic rings. The van der Waals surface area contributed by atoms with Crippen LogP contribution in [0.15, 0.2) is 0 Å². The molecular formula is C80H156O17P2. The first-order chi connectivity index (χ1) is 47.6. The number of carbonyl (C=O) groups excluding carboxylic acids is 4. The third-order valence-corrected chi connectivity index (χ3v) is 20.5. The van der Waals surface area contributed by atoms with Crippen LogP contribution in [0.5, 0.6) is 0 Å². The molecule has 3 N–H and O–H groups in total. The number of rotatable bonds is 77. The van der Waals surface area contributed by atoms with E-state index in [4.69, 9.17) is 37.0 Å². The highest BCUT2D eigenvalue weighted by atomic mass is 31.2. The van der Waals surface area contributed by atoms with Gasteiger partial charge in [-0.2, -0.15) is 0 Å². The van der Waals surface area contributed by atoms with E-state index < -0.39 is 97.5 Å². The minimum atomic E-state index is -4.96. The van der Waals surface area contributed by atoms with Crippen molar-refractivity contribution in [2.75, 3.05) is 39.6 Å². The Bertz CT molecular complexity index is 1940. The minimum absolute atomic E-state index is 0.106. The minimum Gasteiger partial charge on any atom is -0.462 e. The van der Waals surface area contributed by atoms with Gasteiger partial charge >= 0.3 is 39.5 Å². The highest BCUT2D eigenvalue weighted by Crippen LogP contribution is 2.45. The summed E-state index contributed by atoms with van der Waals surface area (Å²) < 4.78 is 68.6. The van der Waals surface area contributed by atoms with Gasteiger partial charge in [-0.05, 0) is 49.4 Å². The number of esters is 4. The Kier molecular flexibility index (Phi) is 67.8. The monoisotopic (exact) mass is 1450 g/mol. The molecule has 3 unspecified atom stereocenters. The topological polar surface area (TPSA) is 237 Å². The van der Waals surface area contributed by atoms with E-state index in [1.807, 2.05) is 0 Å². The number of phosphoric ester groups is 2. The second kappa shape index (κ2) is 69.1. The van der Waals surface area contributed by atoms with E-state index >= 15 is 0 Å². The maximum absolute atomic E-state index is 13.1. The van der Waals surface area contributed by atoms with Gasteiger partial charge in [0.05, 0.1) is 26.4 Å². The van der Waals surface area contributed by atoms with Gasteiger partial charge in [-0.15, -0.1) is 0 Å². The number of carbonyl (C=O) groups is 4. The summed E-state index contributed by atoms with van der Waals surface area (Å²) in [5, 5.41) is 10.6. The molecule has 0 bridgehead atoms. The van der Waals surface area contributed by atoms with Crippen molar-refractivity contribution in [2.45, 2.75) is 427 Å². The van der Waals surface area contributed by atoms with Crippen molar-refractivity contribution in [2.24, 2.45) is 23.7 Å². The second-order valence-electron chi connectivity index (χ2n) is 30.7. The Hall–Kier alpha value is -1.94. The molecule has 0 saturated heterocycles. The molecular weight excluding hydrogens is 1290 g/mol. The normalized spacial score (nSPS) is 14.1. The van der Waals surface area contributed by atoms with Crippen LogP contribution < -0.4 is 0 Å². The molecule has 5 atom stereocenters. The lowest BCUT2D eigenvalue weighted by molar-refractivity contribution is -0.161. The molecule has 0 rings (SSSR count). The van der Waals surface area contributed by atoms with Crippen molar-refractivity contribution in [3.05, 3.63) is 0 Å². The summed E-state index contributed by atoms with van der Waals surface area (Å²) >= 11 is 0. The van der Waals surface area contributed by atoms with E-state index in [1.165, 1.54) is 205 Å². The van der Waals surface area contributed by atoms with Gasteiger partial charge in [-0.1, -0.05) is 357 Å². The number of aliphatic hydroxyl groups excluding tert-OH is 1. The van der Waals surface area contributed by atoms with E-state index in [0.717, 1.165) is 114 Å². The van der Waals surface area contributed by atoms with Gasteiger partial charge in [-0.25, -0.2) is 9.13 Å². The fourth-order valence-corrected chi connectivity index (χ4v) is 13.8. The predicted molar refractivity (Wildman–Crippen MR) is 404 cm³/mol. The molecule has 0 amide bonds. The Morgan fingerprint density at radius 1 is 0.253 bits per heavy atom. The van der Waals surface area contributed by atoms with Gasteiger partial charge in [0.2, 0.25) is 0 Å². The van der Waals surface area contributed by atoms with Gasteiger partial charge in [-0.3, -0.25) is 37.3 Å². The Labute approximate surface area is 607 Å². The summed E-state index contributed by atoms with van der Waals surface area (Å²) in [6.45, 7) is 14.2. The van der Waals surface area contributed by atoms with Crippen LogP contribution in [0.1, 0.15) is 409 Å². The van der Waals surface area contributed by atoms with Crippen LogP contribution >= 0.6 is 15.6 Å². The lowest BCUT2D eigenvalue weighted by Crippen LogP contribution is -2.30. The largest absolute Gasteiger partial charge is 0.472 e. The average Bonchev–Trinajstić information content (AvgIpc) is 0.992. The van der Waals surface area contributed by atoms with E-state index in [-0.39, 0.29) is 25.7 Å². The van der Waals surface area contributed by atoms with Crippen LogP contribution in [0.2, 0.25) is 0 Å². The summed E-state index contributed by atoms with van der Waals surface area (Å²) in [5.74, 6) is 0.929. The zero-order valence-electron chi connectivity index (χ0n) is 65.1. The summed E-state index contributed by atoms with van der Waals surface area (Å²) in [6, 6.07) is 0. The van der Waals surface area contributed by atoms with Crippen molar-refractivity contribution in [3.63, 3.8) is 0 Å². The first-order valence-corrected chi connectivity index (χ1v) is 44.2. The second-order valence-corrected chi connectivity index (χ2v) is 33.6. The van der Waals surface area contributed by atoms with Gasteiger partial charge in [0.15, 0.2) is 12.2 Å². The van der Waals surface area contributed by atoms with Gasteiger partial charge in [0.1, 0.15) is 19.3 Å². The molecule has 19 heteroatoms. The van der Waals surface area contributed by atoms with Gasteiger partial charge < -0.3 is 33.8 Å². The van der Waals surface area contributed by atoms with Crippen molar-refractivity contribution in [1.29, 1.82) is 0 Å². The Balaban J connectivity index is 5.19. The highest BCUT2D eigenvalue weighted by Gasteiger charge is 2.30. The third kappa shape index (κ3) is 74.1. The average molecular weight is 1450 g/mol. The molecule has 0 aliphatic carbocycles. The summed E-state index contributed by atoms with van der Waals surface area (Å²) in [4.78, 5) is 72.9. The number of aliphatic hydroxyl groups is 1. The lowest BCUT2D eigenvalue weighted by atomic mass is 10.0. The van der Waals surface area contributed by atoms with Crippen molar-refractivity contribution in [1.82, 2.24) is 0 Å². The van der Waals surface area contributed by atoms with Crippen LogP contribution in [-0.2, 0) is 65.4 Å². The summed E-state index contributed by atoms with van der Waals surface area (Å²) in [6.07, 6.45) is 55.7. The van der Waals surface area contributed by atoms with Crippen LogP contribution in [0, 0.1) is 23.7 Å². The SMILES string of the molecule is CC(C)CCCCCCCCCCCCCCCCCCC(=O)O[C@H](COC(=O)CCCCCCCCC(C)C)COP(=O)(O)OCC(O)COP(=O)(O)OC[C@@H](COC(=O)CCCCCCCCCCCCCCCCCC(C)C)OC(=O)CCCCCCCCCCCCC(C)C. The molecule has 17 nitrogen and oxygen atoms in total. The van der Waals surface area contributed by atoms with Crippen LogP contribution in [0.25, 0.3) is 0 Å². The molecule has 0 aromatic heterocycles. The van der Waals surface area contributed by atoms with Crippen molar-refractivity contribution in [3.8, 4) is 0 Å². The standard InChI is InChI=1S/C80H156O17P2/c1-70(2)56-48-40-32-26-20-16-12-9-10-14-19-23-30-36-46-54-62-79(84)97-76(67-91-78(83)61-53-45-39-38-43-51-59-73(7)8)69-95-99(88,89)93-65-74(81)64-92-98(86,87)94-68-75(96-80(85)63-55-47-37-31-25-24-28-34-42-50-58-72(5)6)66-90-77(82)60-52-44-35-29-22-18-15-11-13-17-21-27-33-41-49-57-71(3)4/h70-76,81H,9-69H2,1-8H3,(H,86,87)(H,88,89)/t74?,75-,76-/m1/s1. The Morgan fingerprint density at radius 3 is 0.626 bits per heavy atom. The van der Waals surface area contributed by atoms with E-state index in [1.54, 1.807) is 0 Å². The molecule has 0 aliphatic rings. The number of ether oxygens (including phenoxy) is 4. The van der Waals surface area contributed by atoms with Crippen molar-refractivity contribution >= 4 is 39.5 Å². The smallest absolute Gasteiger partial charge is 0.462 e. The predicted octanol–water partition coefficient (Wildman–Crippen LogP) is 23.6. The van der Waals surface area contributed by atoms with Crippen LogP contribution in [-0.4, -0.2) is 96.7 Å². The summed E-state index contributed by atoms with van der Waals surface area (Å²) in [7, 11) is -9.92.